The number of anilines is 1. The largest absolute Gasteiger partial charge is 0.463 e. The van der Waals surface area contributed by atoms with Gasteiger partial charge in [0.1, 0.15) is 17.9 Å². The van der Waals surface area contributed by atoms with Crippen LogP contribution in [-0.4, -0.2) is 124 Å². The van der Waals surface area contributed by atoms with Crippen molar-refractivity contribution in [3.63, 3.8) is 0 Å². The monoisotopic (exact) mass is 721 g/mol. The number of amides is 2. The number of morpholine rings is 1. The number of ether oxygens (including phenoxy) is 3. The molecule has 2 amide bonds. The number of aryl methyl sites for hydroxylation is 1. The summed E-state index contributed by atoms with van der Waals surface area (Å²) in [6.07, 6.45) is 1.79. The van der Waals surface area contributed by atoms with Crippen molar-refractivity contribution in [3.8, 4) is 6.01 Å². The van der Waals surface area contributed by atoms with Crippen molar-refractivity contribution in [2.45, 2.75) is 33.0 Å². The Balaban J connectivity index is 1.02. The maximum Gasteiger partial charge on any atom is 0.410 e. The molecule has 0 N–H and O–H groups in total. The van der Waals surface area contributed by atoms with Crippen molar-refractivity contribution in [3.05, 3.63) is 70.5 Å². The van der Waals surface area contributed by atoms with E-state index in [1.807, 2.05) is 39.9 Å². The predicted molar refractivity (Wildman–Crippen MR) is 186 cm³/mol. The van der Waals surface area contributed by atoms with E-state index in [4.69, 9.17) is 30.8 Å². The molecule has 2 saturated heterocycles. The molecular weight excluding hydrogens is 681 g/mol. The molecule has 3 aliphatic rings. The molecule has 270 valence electrons. The molecule has 0 bridgehead atoms. The minimum atomic E-state index is -0.735. The van der Waals surface area contributed by atoms with E-state index < -0.39 is 11.9 Å². The molecule has 0 aliphatic carbocycles. The lowest BCUT2D eigenvalue weighted by molar-refractivity contribution is 0.0280. The first-order chi connectivity index (χ1) is 24.8. The van der Waals surface area contributed by atoms with Gasteiger partial charge in [-0.15, -0.1) is 0 Å². The third-order valence-corrected chi connectivity index (χ3v) is 9.60. The highest BCUT2D eigenvalue weighted by Gasteiger charge is 2.29. The average molecular weight is 722 g/mol. The Kier molecular flexibility index (Phi) is 10.8. The van der Waals surface area contributed by atoms with E-state index in [1.165, 1.54) is 6.20 Å². The van der Waals surface area contributed by atoms with Crippen molar-refractivity contribution in [2.24, 2.45) is 5.92 Å². The Morgan fingerprint density at radius 3 is 2.55 bits per heavy atom. The van der Waals surface area contributed by atoms with E-state index >= 15 is 4.39 Å². The summed E-state index contributed by atoms with van der Waals surface area (Å²) in [4.78, 5) is 47.1. The van der Waals surface area contributed by atoms with E-state index in [2.05, 4.69) is 26.9 Å². The zero-order chi connectivity index (χ0) is 35.3. The van der Waals surface area contributed by atoms with Crippen LogP contribution >= 0.6 is 11.6 Å². The first-order valence-electron chi connectivity index (χ1n) is 17.3. The van der Waals surface area contributed by atoms with Gasteiger partial charge in [-0.25, -0.2) is 14.2 Å². The molecule has 0 spiro atoms. The number of hydrogen-bond acceptors (Lipinski definition) is 11. The van der Waals surface area contributed by atoms with Crippen LogP contribution in [0.5, 0.6) is 6.01 Å². The summed E-state index contributed by atoms with van der Waals surface area (Å²) in [6, 6.07) is 11.4. The van der Waals surface area contributed by atoms with Crippen molar-refractivity contribution < 1.29 is 28.2 Å². The molecule has 14 nitrogen and oxygen atoms in total. The number of piperazine rings is 1. The molecule has 0 unspecified atom stereocenters. The fourth-order valence-electron chi connectivity index (χ4n) is 6.61. The highest BCUT2D eigenvalue weighted by atomic mass is 35.5. The third-order valence-electron chi connectivity index (χ3n) is 9.33. The normalized spacial score (nSPS) is 17.6. The second-order valence-electron chi connectivity index (χ2n) is 13.1. The highest BCUT2D eigenvalue weighted by molar-refractivity contribution is 6.30. The molecule has 16 heteroatoms. The van der Waals surface area contributed by atoms with Crippen LogP contribution in [0.25, 0.3) is 10.9 Å². The number of aromatic nitrogens is 5. The molecule has 6 heterocycles. The van der Waals surface area contributed by atoms with Gasteiger partial charge in [0.2, 0.25) is 0 Å². The quantitative estimate of drug-likeness (QED) is 0.234. The van der Waals surface area contributed by atoms with Gasteiger partial charge in [0.25, 0.3) is 5.91 Å². The van der Waals surface area contributed by atoms with Crippen molar-refractivity contribution in [1.29, 1.82) is 0 Å². The molecular formula is C35H41ClFN9O5. The number of rotatable bonds is 9. The Hall–Kier alpha value is -4.60. The average Bonchev–Trinajstić information content (AvgIpc) is 3.46. The molecule has 4 aromatic rings. The van der Waals surface area contributed by atoms with E-state index in [0.29, 0.717) is 89.0 Å². The number of pyridine rings is 1. The number of carbonyl (C=O) groups is 2. The maximum atomic E-state index is 15.3. The first kappa shape index (κ1) is 34.8. The smallest absolute Gasteiger partial charge is 0.410 e. The summed E-state index contributed by atoms with van der Waals surface area (Å²) >= 11 is 6.07. The van der Waals surface area contributed by atoms with Crippen LogP contribution in [-0.2, 0) is 29.2 Å². The van der Waals surface area contributed by atoms with Crippen LogP contribution in [0, 0.1) is 11.7 Å². The van der Waals surface area contributed by atoms with Crippen LogP contribution in [0.2, 0.25) is 5.15 Å². The summed E-state index contributed by atoms with van der Waals surface area (Å²) in [5, 5.41) is 4.80. The van der Waals surface area contributed by atoms with Gasteiger partial charge in [0.05, 0.1) is 37.4 Å². The standard InChI is InChI=1S/C35H41ClFN9O5/c1-24(20-42-14-16-49-17-15-42)22-50-34-39-30-27(19-38-31(36)29(30)37)32(40-34)45-8-5-9-46-26(21-45)18-28(41-46)33(47)43-10-12-44(13-11-43)35(48)51-23-25-6-3-2-4-7-25/h2-4,6-7,18-19,24H,5,8-17,20-23H2,1H3/t24-/m1/s1. The van der Waals surface area contributed by atoms with Crippen molar-refractivity contribution in [1.82, 2.24) is 39.4 Å². The molecule has 0 radical (unpaired) electrons. The topological polar surface area (TPSA) is 131 Å². The van der Waals surface area contributed by atoms with Gasteiger partial charge in [-0.3, -0.25) is 14.4 Å². The molecule has 3 aromatic heterocycles. The molecule has 3 aliphatic heterocycles. The number of halogens is 2. The third kappa shape index (κ3) is 8.16. The number of carbonyl (C=O) groups excluding carboxylic acids is 2. The van der Waals surface area contributed by atoms with Gasteiger partial charge in [0, 0.05) is 71.0 Å². The van der Waals surface area contributed by atoms with Crippen molar-refractivity contribution in [2.75, 3.05) is 77.1 Å². The van der Waals surface area contributed by atoms with Gasteiger partial charge in [-0.1, -0.05) is 48.9 Å². The molecule has 1 atom stereocenters. The fraction of sp³-hybridized carbons (Fsp3) is 0.486. The maximum absolute atomic E-state index is 15.3. The Morgan fingerprint density at radius 2 is 1.76 bits per heavy atom. The highest BCUT2D eigenvalue weighted by Crippen LogP contribution is 2.32. The van der Waals surface area contributed by atoms with E-state index in [0.717, 1.165) is 30.9 Å². The second-order valence-corrected chi connectivity index (χ2v) is 13.5. The van der Waals surface area contributed by atoms with E-state index in [-0.39, 0.29) is 35.1 Å². The van der Waals surface area contributed by atoms with Crippen LogP contribution in [0.15, 0.2) is 42.6 Å². The number of fused-ring (bicyclic) bond motifs is 2. The number of benzene rings is 1. The molecule has 51 heavy (non-hydrogen) atoms. The Bertz CT molecular complexity index is 1850. The van der Waals surface area contributed by atoms with Gasteiger partial charge in [0.15, 0.2) is 16.7 Å². The van der Waals surface area contributed by atoms with Crippen molar-refractivity contribution >= 4 is 40.3 Å². The van der Waals surface area contributed by atoms with E-state index in [9.17, 15) is 9.59 Å². The van der Waals surface area contributed by atoms with Gasteiger partial charge >= 0.3 is 12.1 Å². The predicted octanol–water partition coefficient (Wildman–Crippen LogP) is 3.87. The number of hydrogen-bond donors (Lipinski definition) is 0. The minimum absolute atomic E-state index is 0.0348. The van der Waals surface area contributed by atoms with Crippen LogP contribution in [0.3, 0.4) is 0 Å². The Labute approximate surface area is 300 Å². The van der Waals surface area contributed by atoms with Gasteiger partial charge in [-0.05, 0) is 18.1 Å². The summed E-state index contributed by atoms with van der Waals surface area (Å²) in [5.41, 5.74) is 2.09. The SMILES string of the molecule is C[C@@H](COc1nc(N2CCCn3nc(C(=O)N4CCN(C(=O)OCc5ccccc5)CC4)cc3C2)c2cnc(Cl)c(F)c2n1)CN1CCOCC1. The van der Waals surface area contributed by atoms with Gasteiger partial charge < -0.3 is 28.9 Å². The first-order valence-corrected chi connectivity index (χ1v) is 17.7. The Morgan fingerprint density at radius 1 is 1.00 bits per heavy atom. The molecule has 7 rings (SSSR count). The molecule has 0 saturated carbocycles. The van der Waals surface area contributed by atoms with Crippen LogP contribution in [0.1, 0.15) is 35.1 Å². The molecule has 2 fully saturated rings. The lowest BCUT2D eigenvalue weighted by Gasteiger charge is -2.33. The molecule has 1 aromatic carbocycles. The fourth-order valence-corrected chi connectivity index (χ4v) is 6.75. The summed E-state index contributed by atoms with van der Waals surface area (Å²) in [6.45, 7) is 9.68. The van der Waals surface area contributed by atoms with Gasteiger partial charge in [-0.2, -0.15) is 15.1 Å². The minimum Gasteiger partial charge on any atom is -0.463 e. The van der Waals surface area contributed by atoms with Crippen LogP contribution in [0.4, 0.5) is 15.0 Å². The number of nitrogens with zero attached hydrogens (tertiary/aromatic N) is 9. The van der Waals surface area contributed by atoms with E-state index in [1.54, 1.807) is 15.9 Å². The van der Waals surface area contributed by atoms with Crippen LogP contribution < -0.4 is 9.64 Å². The lowest BCUT2D eigenvalue weighted by atomic mass is 10.2. The summed E-state index contributed by atoms with van der Waals surface area (Å²) in [7, 11) is 0. The lowest BCUT2D eigenvalue weighted by Crippen LogP contribution is -2.50. The zero-order valence-electron chi connectivity index (χ0n) is 28.5. The summed E-state index contributed by atoms with van der Waals surface area (Å²) in [5.74, 6) is -0.288. The second kappa shape index (κ2) is 15.7. The zero-order valence-corrected chi connectivity index (χ0v) is 29.3. The summed E-state index contributed by atoms with van der Waals surface area (Å²) < 4.78 is 34.2.